The molecule has 0 bridgehead atoms. The van der Waals surface area contributed by atoms with E-state index in [1.165, 1.54) is 231 Å². The number of nitrogens with zero attached hydrogens (tertiary/aromatic N) is 1. The third-order valence-electron chi connectivity index (χ3n) is 13.4. The number of phosphoric acid groups is 1. The Labute approximate surface area is 417 Å². The van der Waals surface area contributed by atoms with Crippen LogP contribution in [0.15, 0.2) is 24.3 Å². The second kappa shape index (κ2) is 49.9. The number of carbonyl (C=O) groups excluding carboxylic acids is 1. The van der Waals surface area contributed by atoms with Gasteiger partial charge in [-0.15, -0.1) is 0 Å². The zero-order valence-corrected chi connectivity index (χ0v) is 46.3. The van der Waals surface area contributed by atoms with Crippen LogP contribution in [0.1, 0.15) is 290 Å². The SMILES string of the molecule is CCCCCCCC/C=C/CC/C=C/C(O)C(COP(=O)(O)OCC[N+](C)(C)C)NC(=O)CCCCCCCCCCCCCCCCCCCCCCCCCCCCCCCCCCC. The normalized spacial score (nSPS) is 14.1. The third-order valence-corrected chi connectivity index (χ3v) is 14.4. The zero-order valence-electron chi connectivity index (χ0n) is 45.4. The van der Waals surface area contributed by atoms with Gasteiger partial charge in [0, 0.05) is 6.42 Å². The van der Waals surface area contributed by atoms with E-state index in [-0.39, 0.29) is 19.1 Å². The molecule has 0 aliphatic rings. The first-order chi connectivity index (χ1) is 32.5. The summed E-state index contributed by atoms with van der Waals surface area (Å²) in [6.07, 6.45) is 63.1. The predicted molar refractivity (Wildman–Crippen MR) is 291 cm³/mol. The zero-order chi connectivity index (χ0) is 49.2. The highest BCUT2D eigenvalue weighted by molar-refractivity contribution is 7.47. The summed E-state index contributed by atoms with van der Waals surface area (Å²) in [4.78, 5) is 23.2. The second-order valence-corrected chi connectivity index (χ2v) is 22.8. The van der Waals surface area contributed by atoms with Gasteiger partial charge in [0.1, 0.15) is 13.2 Å². The van der Waals surface area contributed by atoms with Crippen LogP contribution in [-0.2, 0) is 18.4 Å². The smallest absolute Gasteiger partial charge is 0.387 e. The molecule has 398 valence electrons. The number of carbonyl (C=O) groups is 1. The molecule has 0 spiro atoms. The highest BCUT2D eigenvalue weighted by Crippen LogP contribution is 2.43. The van der Waals surface area contributed by atoms with Crippen molar-refractivity contribution in [1.29, 1.82) is 0 Å². The van der Waals surface area contributed by atoms with Crippen LogP contribution in [0.2, 0.25) is 0 Å². The van der Waals surface area contributed by atoms with Crippen LogP contribution in [0.5, 0.6) is 0 Å². The van der Waals surface area contributed by atoms with Crippen LogP contribution in [0.25, 0.3) is 0 Å². The highest BCUT2D eigenvalue weighted by Gasteiger charge is 2.27. The molecule has 0 radical (unpaired) electrons. The molecule has 9 heteroatoms. The number of amides is 1. The molecule has 0 saturated carbocycles. The van der Waals surface area contributed by atoms with Gasteiger partial charge in [0.2, 0.25) is 5.91 Å². The Morgan fingerprint density at radius 2 is 0.821 bits per heavy atom. The molecule has 0 aromatic rings. The minimum atomic E-state index is -4.35. The number of nitrogens with one attached hydrogen (secondary N) is 1. The van der Waals surface area contributed by atoms with Gasteiger partial charge in [-0.25, -0.2) is 4.57 Å². The maximum atomic E-state index is 12.9. The van der Waals surface area contributed by atoms with E-state index in [1.807, 2.05) is 27.2 Å². The Morgan fingerprint density at radius 3 is 1.19 bits per heavy atom. The Balaban J connectivity index is 3.95. The first-order valence-corrected chi connectivity index (χ1v) is 30.7. The molecular weight excluding hydrogens is 852 g/mol. The van der Waals surface area contributed by atoms with Crippen LogP contribution >= 0.6 is 7.82 Å². The summed E-state index contributed by atoms with van der Waals surface area (Å²) in [7, 11) is 1.57. The number of likely N-dealkylation sites (N-methyl/N-ethyl adjacent to an activating group) is 1. The summed E-state index contributed by atoms with van der Waals surface area (Å²) in [5.74, 6) is -0.182. The molecule has 1 amide bonds. The van der Waals surface area contributed by atoms with E-state index < -0.39 is 20.0 Å². The fourth-order valence-corrected chi connectivity index (χ4v) is 9.56. The quantitative estimate of drug-likeness (QED) is 0.0243. The Kier molecular flexibility index (Phi) is 49.2. The van der Waals surface area contributed by atoms with Crippen molar-refractivity contribution in [3.63, 3.8) is 0 Å². The second-order valence-electron chi connectivity index (χ2n) is 21.4. The van der Waals surface area contributed by atoms with Crippen molar-refractivity contribution in [2.45, 2.75) is 302 Å². The monoisotopic (exact) mass is 968 g/mol. The molecule has 0 saturated heterocycles. The van der Waals surface area contributed by atoms with E-state index in [4.69, 9.17) is 9.05 Å². The van der Waals surface area contributed by atoms with E-state index in [0.717, 1.165) is 38.5 Å². The molecule has 8 nitrogen and oxygen atoms in total. The van der Waals surface area contributed by atoms with Crippen LogP contribution in [-0.4, -0.2) is 73.4 Å². The minimum absolute atomic E-state index is 0.0584. The minimum Gasteiger partial charge on any atom is -0.387 e. The van der Waals surface area contributed by atoms with Gasteiger partial charge >= 0.3 is 7.82 Å². The molecule has 3 atom stereocenters. The summed E-state index contributed by atoms with van der Waals surface area (Å²) in [5, 5.41) is 13.8. The summed E-state index contributed by atoms with van der Waals surface area (Å²) < 4.78 is 23.6. The number of aliphatic hydroxyl groups excluding tert-OH is 1. The van der Waals surface area contributed by atoms with Crippen molar-refractivity contribution in [2.75, 3.05) is 40.9 Å². The molecule has 3 unspecified atom stereocenters. The fraction of sp³-hybridized carbons (Fsp3) is 0.914. The molecule has 0 aliphatic carbocycles. The number of allylic oxidation sites excluding steroid dienone is 3. The van der Waals surface area contributed by atoms with Crippen molar-refractivity contribution in [1.82, 2.24) is 5.32 Å². The van der Waals surface area contributed by atoms with Crippen LogP contribution in [0.3, 0.4) is 0 Å². The Hall–Kier alpha value is -1.02. The summed E-state index contributed by atoms with van der Waals surface area (Å²) >= 11 is 0. The lowest BCUT2D eigenvalue weighted by Gasteiger charge is -2.25. The van der Waals surface area contributed by atoms with Crippen molar-refractivity contribution < 1.29 is 32.9 Å². The molecule has 0 aliphatic heterocycles. The van der Waals surface area contributed by atoms with Gasteiger partial charge < -0.3 is 19.8 Å². The first kappa shape index (κ1) is 66.0. The topological polar surface area (TPSA) is 105 Å². The molecule has 0 fully saturated rings. The number of aliphatic hydroxyl groups is 1. The lowest BCUT2D eigenvalue weighted by molar-refractivity contribution is -0.870. The molecule has 0 aromatic heterocycles. The maximum Gasteiger partial charge on any atom is 0.472 e. The summed E-state index contributed by atoms with van der Waals surface area (Å²) in [6, 6.07) is -0.859. The summed E-state index contributed by atoms with van der Waals surface area (Å²) in [6.45, 7) is 4.81. The fourth-order valence-electron chi connectivity index (χ4n) is 8.83. The first-order valence-electron chi connectivity index (χ1n) is 29.2. The Morgan fingerprint density at radius 1 is 0.493 bits per heavy atom. The van der Waals surface area contributed by atoms with Crippen LogP contribution in [0.4, 0.5) is 0 Å². The van der Waals surface area contributed by atoms with E-state index in [0.29, 0.717) is 17.4 Å². The van der Waals surface area contributed by atoms with Gasteiger partial charge in [-0.3, -0.25) is 13.8 Å². The largest absolute Gasteiger partial charge is 0.472 e. The van der Waals surface area contributed by atoms with Crippen molar-refractivity contribution >= 4 is 13.7 Å². The van der Waals surface area contributed by atoms with E-state index in [9.17, 15) is 19.4 Å². The lowest BCUT2D eigenvalue weighted by atomic mass is 10.0. The number of hydrogen-bond donors (Lipinski definition) is 3. The molecule has 3 N–H and O–H groups in total. The predicted octanol–water partition coefficient (Wildman–Crippen LogP) is 17.6. The van der Waals surface area contributed by atoms with Crippen molar-refractivity contribution in [3.05, 3.63) is 24.3 Å². The van der Waals surface area contributed by atoms with Gasteiger partial charge in [-0.2, -0.15) is 0 Å². The van der Waals surface area contributed by atoms with Crippen LogP contribution < -0.4 is 5.32 Å². The number of phosphoric ester groups is 1. The van der Waals surface area contributed by atoms with Gasteiger partial charge in [0.15, 0.2) is 0 Å². The van der Waals surface area contributed by atoms with Crippen molar-refractivity contribution in [3.8, 4) is 0 Å². The van der Waals surface area contributed by atoms with Gasteiger partial charge in [0.05, 0.1) is 39.9 Å². The molecule has 0 aromatic carbocycles. The average Bonchev–Trinajstić information content (AvgIpc) is 3.29. The van der Waals surface area contributed by atoms with E-state index in [1.54, 1.807) is 6.08 Å². The maximum absolute atomic E-state index is 12.9. The van der Waals surface area contributed by atoms with Gasteiger partial charge in [-0.1, -0.05) is 276 Å². The number of quaternary nitrogens is 1. The molecule has 67 heavy (non-hydrogen) atoms. The number of unbranched alkanes of at least 4 members (excludes halogenated alkanes) is 39. The number of hydrogen-bond acceptors (Lipinski definition) is 5. The number of rotatable bonds is 54. The Bertz CT molecular complexity index is 1140. The highest BCUT2D eigenvalue weighted by atomic mass is 31.2. The molecular formula is C58H116N2O6P+. The van der Waals surface area contributed by atoms with Gasteiger partial charge in [0.25, 0.3) is 0 Å². The summed E-state index contributed by atoms with van der Waals surface area (Å²) in [5.41, 5.74) is 0. The van der Waals surface area contributed by atoms with Crippen LogP contribution in [0, 0.1) is 0 Å². The van der Waals surface area contributed by atoms with Crippen molar-refractivity contribution in [2.24, 2.45) is 0 Å². The van der Waals surface area contributed by atoms with E-state index >= 15 is 0 Å². The molecule has 0 rings (SSSR count). The van der Waals surface area contributed by atoms with E-state index in [2.05, 4.69) is 31.3 Å². The average molecular weight is 969 g/mol. The molecule has 0 heterocycles. The van der Waals surface area contributed by atoms with Gasteiger partial charge in [-0.05, 0) is 32.1 Å². The lowest BCUT2D eigenvalue weighted by Crippen LogP contribution is -2.45. The third kappa shape index (κ3) is 52.6. The standard InChI is InChI=1S/C58H115N2O6P/c1-6-8-10-12-14-16-18-20-21-22-23-24-25-26-27-28-29-30-31-32-33-34-35-36-37-38-39-40-42-44-46-48-50-52-58(62)59-56(55-66-67(63,64)65-54-53-60(3,4)5)57(61)51-49-47-45-43-41-19-17-15-13-11-9-7-2/h41,43,49,51,56-57,61H,6-40,42,44-48,50,52-55H2,1-5H3,(H-,59,62,63,64)/p+1/b43-41+,51-49+.